The van der Waals surface area contributed by atoms with Gasteiger partial charge in [0.2, 0.25) is 10.0 Å². The summed E-state index contributed by atoms with van der Waals surface area (Å²) in [5.74, 6) is 1.87. The first-order valence-electron chi connectivity index (χ1n) is 11.3. The van der Waals surface area contributed by atoms with Crippen molar-refractivity contribution in [2.45, 2.75) is 58.8 Å². The third kappa shape index (κ3) is 5.47. The lowest BCUT2D eigenvalue weighted by Gasteiger charge is -2.36. The standard InChI is InChI=1S/C24H36N4O3S/c1-17(2)23-25-22(16-31-6)21(15-20-9-7-8-19(5)14-20)24(26-23)27-10-12-28(13-11-27)32(29,30)18(3)4/h7-9,14,17-18H,10-13,15-16H2,1-6H3. The Morgan fingerprint density at radius 3 is 2.31 bits per heavy atom. The highest BCUT2D eigenvalue weighted by atomic mass is 32.2. The summed E-state index contributed by atoms with van der Waals surface area (Å²) in [7, 11) is -1.57. The van der Waals surface area contributed by atoms with Crippen LogP contribution in [-0.4, -0.2) is 61.2 Å². The number of nitrogens with zero attached hydrogens (tertiary/aromatic N) is 4. The molecule has 0 N–H and O–H groups in total. The van der Waals surface area contributed by atoms with Crippen molar-refractivity contribution in [3.8, 4) is 0 Å². The van der Waals surface area contributed by atoms with Gasteiger partial charge >= 0.3 is 0 Å². The van der Waals surface area contributed by atoms with E-state index >= 15 is 0 Å². The first kappa shape index (κ1) is 24.6. The highest BCUT2D eigenvalue weighted by Crippen LogP contribution is 2.28. The molecule has 3 rings (SSSR count). The molecule has 0 radical (unpaired) electrons. The number of benzene rings is 1. The van der Waals surface area contributed by atoms with E-state index < -0.39 is 15.3 Å². The fourth-order valence-corrected chi connectivity index (χ4v) is 5.24. The van der Waals surface area contributed by atoms with Crippen LogP contribution in [0.5, 0.6) is 0 Å². The van der Waals surface area contributed by atoms with Gasteiger partial charge in [-0.15, -0.1) is 0 Å². The minimum absolute atomic E-state index is 0.181. The van der Waals surface area contributed by atoms with Crippen LogP contribution in [0, 0.1) is 6.92 Å². The lowest BCUT2D eigenvalue weighted by molar-refractivity contribution is 0.180. The first-order valence-corrected chi connectivity index (χ1v) is 12.8. The summed E-state index contributed by atoms with van der Waals surface area (Å²) in [6.07, 6.45) is 0.707. The topological polar surface area (TPSA) is 75.6 Å². The Morgan fingerprint density at radius 1 is 1.06 bits per heavy atom. The van der Waals surface area contributed by atoms with Gasteiger partial charge in [-0.1, -0.05) is 43.7 Å². The number of aromatic nitrogens is 2. The average molecular weight is 461 g/mol. The number of anilines is 1. The molecular weight excluding hydrogens is 424 g/mol. The average Bonchev–Trinajstić information content (AvgIpc) is 2.75. The molecule has 2 aromatic rings. The zero-order valence-electron chi connectivity index (χ0n) is 20.1. The quantitative estimate of drug-likeness (QED) is 0.600. The van der Waals surface area contributed by atoms with Crippen LogP contribution in [-0.2, 0) is 27.8 Å². The molecule has 1 aromatic heterocycles. The van der Waals surface area contributed by atoms with Gasteiger partial charge in [-0.2, -0.15) is 4.31 Å². The molecule has 2 heterocycles. The largest absolute Gasteiger partial charge is 0.378 e. The summed E-state index contributed by atoms with van der Waals surface area (Å²) < 4.78 is 32.3. The van der Waals surface area contributed by atoms with Gasteiger partial charge in [-0.25, -0.2) is 18.4 Å². The lowest BCUT2D eigenvalue weighted by atomic mass is 10.0. The Bertz CT molecular complexity index is 1030. The highest BCUT2D eigenvalue weighted by Gasteiger charge is 2.31. The third-order valence-electron chi connectivity index (χ3n) is 5.84. The molecule has 0 saturated carbocycles. The van der Waals surface area contributed by atoms with Gasteiger partial charge in [0.25, 0.3) is 0 Å². The second kappa shape index (κ2) is 10.3. The van der Waals surface area contributed by atoms with Gasteiger partial charge in [0, 0.05) is 51.2 Å². The normalized spacial score (nSPS) is 15.7. The molecule has 1 aliphatic rings. The maximum atomic E-state index is 12.6. The summed E-state index contributed by atoms with van der Waals surface area (Å²) in [5, 5.41) is -0.411. The molecule has 1 saturated heterocycles. The van der Waals surface area contributed by atoms with E-state index in [2.05, 4.69) is 49.9 Å². The molecule has 176 valence electrons. The van der Waals surface area contributed by atoms with Gasteiger partial charge in [-0.3, -0.25) is 0 Å². The van der Waals surface area contributed by atoms with Crippen molar-refractivity contribution in [1.29, 1.82) is 0 Å². The zero-order chi connectivity index (χ0) is 23.5. The first-order chi connectivity index (χ1) is 15.1. The fraction of sp³-hybridized carbons (Fsp3) is 0.583. The third-order valence-corrected chi connectivity index (χ3v) is 8.12. The molecule has 32 heavy (non-hydrogen) atoms. The van der Waals surface area contributed by atoms with Crippen LogP contribution in [0.25, 0.3) is 0 Å². The van der Waals surface area contributed by atoms with Gasteiger partial charge in [0.15, 0.2) is 0 Å². The van der Waals surface area contributed by atoms with Gasteiger partial charge in [0.1, 0.15) is 11.6 Å². The smallest absolute Gasteiger partial charge is 0.216 e. The number of methoxy groups -OCH3 is 1. The summed E-state index contributed by atoms with van der Waals surface area (Å²) in [6.45, 7) is 12.3. The van der Waals surface area contributed by atoms with Crippen molar-refractivity contribution >= 4 is 15.8 Å². The Balaban J connectivity index is 1.99. The number of aryl methyl sites for hydroxylation is 1. The van der Waals surface area contributed by atoms with Gasteiger partial charge in [0.05, 0.1) is 17.6 Å². The molecular formula is C24H36N4O3S. The van der Waals surface area contributed by atoms with Crippen molar-refractivity contribution in [3.05, 3.63) is 52.5 Å². The molecule has 7 nitrogen and oxygen atoms in total. The summed E-state index contributed by atoms with van der Waals surface area (Å²) in [4.78, 5) is 12.0. The number of piperazine rings is 1. The van der Waals surface area contributed by atoms with E-state index in [1.807, 2.05) is 0 Å². The summed E-state index contributed by atoms with van der Waals surface area (Å²) in [6, 6.07) is 8.47. The minimum Gasteiger partial charge on any atom is -0.378 e. The Labute approximate surface area is 192 Å². The SMILES string of the molecule is COCc1nc(C(C)C)nc(N2CCN(S(=O)(=O)C(C)C)CC2)c1Cc1cccc(C)c1. The van der Waals surface area contributed by atoms with Gasteiger partial charge < -0.3 is 9.64 Å². The fourth-order valence-electron chi connectivity index (χ4n) is 3.97. The van der Waals surface area contributed by atoms with Crippen LogP contribution in [0.2, 0.25) is 0 Å². The van der Waals surface area contributed by atoms with Crippen molar-refractivity contribution in [3.63, 3.8) is 0 Å². The van der Waals surface area contributed by atoms with Crippen molar-refractivity contribution in [2.24, 2.45) is 0 Å². The van der Waals surface area contributed by atoms with E-state index in [-0.39, 0.29) is 5.92 Å². The maximum absolute atomic E-state index is 12.6. The van der Waals surface area contributed by atoms with Crippen LogP contribution in [0.1, 0.15) is 61.8 Å². The monoisotopic (exact) mass is 460 g/mol. The maximum Gasteiger partial charge on any atom is 0.216 e. The van der Waals surface area contributed by atoms with Crippen LogP contribution < -0.4 is 4.90 Å². The van der Waals surface area contributed by atoms with E-state index in [9.17, 15) is 8.42 Å². The van der Waals surface area contributed by atoms with E-state index in [1.54, 1.807) is 25.3 Å². The highest BCUT2D eigenvalue weighted by molar-refractivity contribution is 7.89. The molecule has 1 aromatic carbocycles. The Hall–Kier alpha value is -2.03. The van der Waals surface area contributed by atoms with Crippen LogP contribution in [0.3, 0.4) is 0 Å². The lowest BCUT2D eigenvalue weighted by Crippen LogP contribution is -2.51. The van der Waals surface area contributed by atoms with Gasteiger partial charge in [-0.05, 0) is 26.3 Å². The second-order valence-electron chi connectivity index (χ2n) is 9.06. The summed E-state index contributed by atoms with van der Waals surface area (Å²) in [5.41, 5.74) is 4.37. The molecule has 8 heteroatoms. The van der Waals surface area contributed by atoms with Crippen molar-refractivity contribution < 1.29 is 13.2 Å². The number of rotatable bonds is 8. The molecule has 0 amide bonds. The molecule has 0 spiro atoms. The van der Waals surface area contributed by atoms with Crippen LogP contribution >= 0.6 is 0 Å². The van der Waals surface area contributed by atoms with E-state index in [0.717, 1.165) is 22.9 Å². The second-order valence-corrected chi connectivity index (χ2v) is 11.6. The zero-order valence-corrected chi connectivity index (χ0v) is 20.9. The predicted molar refractivity (Wildman–Crippen MR) is 129 cm³/mol. The number of hydrogen-bond acceptors (Lipinski definition) is 6. The summed E-state index contributed by atoms with van der Waals surface area (Å²) >= 11 is 0. The van der Waals surface area contributed by atoms with E-state index in [4.69, 9.17) is 14.7 Å². The van der Waals surface area contributed by atoms with E-state index in [1.165, 1.54) is 11.1 Å². The number of hydrogen-bond donors (Lipinski definition) is 0. The molecule has 0 unspecified atom stereocenters. The van der Waals surface area contributed by atoms with Crippen molar-refractivity contribution in [1.82, 2.24) is 14.3 Å². The Kier molecular flexibility index (Phi) is 7.90. The Morgan fingerprint density at radius 2 is 1.75 bits per heavy atom. The van der Waals surface area contributed by atoms with Crippen LogP contribution in [0.15, 0.2) is 24.3 Å². The number of ether oxygens (including phenoxy) is 1. The number of sulfonamides is 1. The van der Waals surface area contributed by atoms with Crippen LogP contribution in [0.4, 0.5) is 5.82 Å². The molecule has 0 aliphatic carbocycles. The minimum atomic E-state index is -3.25. The van der Waals surface area contributed by atoms with Crippen molar-refractivity contribution in [2.75, 3.05) is 38.2 Å². The molecule has 1 fully saturated rings. The van der Waals surface area contributed by atoms with E-state index in [0.29, 0.717) is 39.2 Å². The molecule has 0 bridgehead atoms. The predicted octanol–water partition coefficient (Wildman–Crippen LogP) is 3.51. The molecule has 0 atom stereocenters. The molecule has 1 aliphatic heterocycles.